The van der Waals surface area contributed by atoms with E-state index < -0.39 is 8.80 Å². The highest BCUT2D eigenvalue weighted by Gasteiger charge is 2.45. The van der Waals surface area contributed by atoms with Gasteiger partial charge in [-0.2, -0.15) is 0 Å². The van der Waals surface area contributed by atoms with E-state index in [0.29, 0.717) is 0 Å². The maximum atomic E-state index is 7.02. The van der Waals surface area contributed by atoms with Crippen LogP contribution in [0.5, 0.6) is 0 Å². The molecule has 3 unspecified atom stereocenters. The minimum absolute atomic E-state index is 0.129. The van der Waals surface area contributed by atoms with E-state index in [1.165, 1.54) is 103 Å². The third-order valence-electron chi connectivity index (χ3n) is 8.69. The first-order chi connectivity index (χ1) is 21.4. The molecule has 1 aliphatic rings. The van der Waals surface area contributed by atoms with Gasteiger partial charge in [-0.1, -0.05) is 102 Å². The summed E-state index contributed by atoms with van der Waals surface area (Å²) >= 11 is 0. The number of nitrogens with zero attached hydrogens (tertiary/aromatic N) is 1. The Balaban J connectivity index is 2.92. The summed E-state index contributed by atoms with van der Waals surface area (Å²) in [4.78, 5) is 2.64. The lowest BCUT2D eigenvalue weighted by Crippen LogP contribution is -2.51. The summed E-state index contributed by atoms with van der Waals surface area (Å²) in [5.41, 5.74) is 0. The van der Waals surface area contributed by atoms with Crippen molar-refractivity contribution in [1.29, 1.82) is 0 Å². The van der Waals surface area contributed by atoms with Crippen LogP contribution >= 0.6 is 0 Å². The third-order valence-corrected chi connectivity index (χ3v) is 11.9. The second-order valence-electron chi connectivity index (χ2n) is 13.4. The Kier molecular flexibility index (Phi) is 26.7. The lowest BCUT2D eigenvalue weighted by molar-refractivity contribution is -0.0134. The van der Waals surface area contributed by atoms with Crippen LogP contribution in [0.2, 0.25) is 6.04 Å². The summed E-state index contributed by atoms with van der Waals surface area (Å²) in [6.07, 6.45) is 38.2. The normalized spacial score (nSPS) is 18.1. The molecule has 3 atom stereocenters. The van der Waals surface area contributed by atoms with Gasteiger partial charge in [0.15, 0.2) is 0 Å². The molecule has 0 aromatic rings. The van der Waals surface area contributed by atoms with E-state index in [2.05, 4.69) is 82.9 Å². The highest BCUT2D eigenvalue weighted by atomic mass is 28.4. The Bertz CT molecular complexity index is 644. The van der Waals surface area contributed by atoms with E-state index in [4.69, 9.17) is 13.3 Å². The molecule has 258 valence electrons. The quantitative estimate of drug-likeness (QED) is 0.0447. The lowest BCUT2D eigenvalue weighted by Gasteiger charge is -2.37. The smallest absolute Gasteiger partial charge is 0.371 e. The second-order valence-corrected chi connectivity index (χ2v) is 16.0. The van der Waals surface area contributed by atoms with Gasteiger partial charge in [-0.05, 0) is 124 Å². The summed E-state index contributed by atoms with van der Waals surface area (Å²) in [7, 11) is -2.90. The van der Waals surface area contributed by atoms with Gasteiger partial charge >= 0.3 is 8.80 Å². The molecule has 0 aliphatic carbocycles. The molecule has 0 radical (unpaired) electrons. The van der Waals surface area contributed by atoms with Gasteiger partial charge in [0.2, 0.25) is 0 Å². The number of hydrogen-bond acceptors (Lipinski definition) is 4. The number of rotatable bonds is 30. The molecule has 1 rings (SSSR count). The van der Waals surface area contributed by atoms with Crippen LogP contribution in [0.1, 0.15) is 170 Å². The SMILES string of the molecule is CCCC/C=C\CCC(C)O[Si](CCCCCN1CCCC1)(OC(C)CC/C=C\CCCC)OC(C)CC/C=C\CCCC. The van der Waals surface area contributed by atoms with Crippen molar-refractivity contribution >= 4 is 8.80 Å². The van der Waals surface area contributed by atoms with E-state index in [1.807, 2.05) is 0 Å². The monoisotopic (exact) mass is 634 g/mol. The zero-order valence-electron chi connectivity index (χ0n) is 30.3. The average Bonchev–Trinajstić information content (AvgIpc) is 3.52. The van der Waals surface area contributed by atoms with Crippen LogP contribution in [0.4, 0.5) is 0 Å². The highest BCUT2D eigenvalue weighted by Crippen LogP contribution is 2.28. The van der Waals surface area contributed by atoms with Crippen molar-refractivity contribution in [3.8, 4) is 0 Å². The topological polar surface area (TPSA) is 30.9 Å². The zero-order chi connectivity index (χ0) is 32.1. The number of unbranched alkanes of at least 4 members (excludes halogenated alkanes) is 8. The van der Waals surface area contributed by atoms with Crippen molar-refractivity contribution in [2.75, 3.05) is 19.6 Å². The van der Waals surface area contributed by atoms with Crippen LogP contribution < -0.4 is 0 Å². The van der Waals surface area contributed by atoms with Crippen molar-refractivity contribution in [3.63, 3.8) is 0 Å². The lowest BCUT2D eigenvalue weighted by atomic mass is 10.2. The van der Waals surface area contributed by atoms with Crippen LogP contribution in [-0.4, -0.2) is 51.7 Å². The Labute approximate surface area is 276 Å². The summed E-state index contributed by atoms with van der Waals surface area (Å²) < 4.78 is 21.1. The van der Waals surface area contributed by atoms with Gasteiger partial charge < -0.3 is 18.2 Å². The van der Waals surface area contributed by atoms with Gasteiger partial charge in [0.05, 0.1) is 0 Å². The Hall–Kier alpha value is -0.723. The second kappa shape index (κ2) is 28.5. The van der Waals surface area contributed by atoms with Crippen molar-refractivity contribution in [2.24, 2.45) is 0 Å². The fraction of sp³-hybridized carbons (Fsp3) is 0.846. The maximum absolute atomic E-state index is 7.02. The van der Waals surface area contributed by atoms with E-state index >= 15 is 0 Å². The molecule has 0 amide bonds. The van der Waals surface area contributed by atoms with Crippen LogP contribution in [0.15, 0.2) is 36.5 Å². The molecule has 1 heterocycles. The zero-order valence-corrected chi connectivity index (χ0v) is 31.3. The molecule has 44 heavy (non-hydrogen) atoms. The number of hydrogen-bond donors (Lipinski definition) is 0. The Morgan fingerprint density at radius 1 is 0.523 bits per heavy atom. The van der Waals surface area contributed by atoms with Gasteiger partial charge in [0.25, 0.3) is 0 Å². The number of allylic oxidation sites excluding steroid dienone is 6. The molecule has 0 N–H and O–H groups in total. The van der Waals surface area contributed by atoms with Crippen LogP contribution in [0, 0.1) is 0 Å². The standard InChI is InChI=1S/C39H75NO3Si/c1-7-10-13-16-19-23-30-37(4)41-44(36-29-22-26-33-40-34-27-28-35-40,42-38(5)31-24-20-17-14-11-8-2)43-39(6)32-25-21-18-15-12-9-3/h16-21,37-39H,7-15,22-36H2,1-6H3/b19-16-,20-17-,21-18-. The molecule has 0 saturated carbocycles. The minimum Gasteiger partial charge on any atom is -0.371 e. The van der Waals surface area contributed by atoms with Crippen LogP contribution in [-0.2, 0) is 13.3 Å². The highest BCUT2D eigenvalue weighted by molar-refractivity contribution is 6.60. The molecule has 1 saturated heterocycles. The predicted octanol–water partition coefficient (Wildman–Crippen LogP) is 12.0. The molecule has 0 aromatic heterocycles. The molecule has 4 nitrogen and oxygen atoms in total. The third kappa shape index (κ3) is 22.7. The fourth-order valence-electron chi connectivity index (χ4n) is 5.88. The maximum Gasteiger partial charge on any atom is 0.501 e. The Morgan fingerprint density at radius 3 is 1.30 bits per heavy atom. The average molecular weight is 634 g/mol. The first-order valence-electron chi connectivity index (χ1n) is 19.1. The van der Waals surface area contributed by atoms with Crippen molar-refractivity contribution in [3.05, 3.63) is 36.5 Å². The van der Waals surface area contributed by atoms with E-state index in [9.17, 15) is 0 Å². The van der Waals surface area contributed by atoms with Crippen molar-refractivity contribution in [1.82, 2.24) is 4.90 Å². The van der Waals surface area contributed by atoms with Gasteiger partial charge in [-0.25, -0.2) is 0 Å². The molecule has 1 fully saturated rings. The summed E-state index contributed by atoms with van der Waals surface area (Å²) in [6, 6.07) is 0.928. The predicted molar refractivity (Wildman–Crippen MR) is 195 cm³/mol. The first kappa shape index (κ1) is 41.3. The van der Waals surface area contributed by atoms with E-state index in [0.717, 1.165) is 51.0 Å². The fourth-order valence-corrected chi connectivity index (χ4v) is 9.28. The van der Waals surface area contributed by atoms with Gasteiger partial charge in [0, 0.05) is 24.4 Å². The Morgan fingerprint density at radius 2 is 0.909 bits per heavy atom. The minimum atomic E-state index is -2.90. The largest absolute Gasteiger partial charge is 0.501 e. The summed E-state index contributed by atoms with van der Waals surface area (Å²) in [5.74, 6) is 0. The molecular weight excluding hydrogens is 559 g/mol. The van der Waals surface area contributed by atoms with Crippen molar-refractivity contribution < 1.29 is 13.3 Å². The molecule has 0 aromatic carbocycles. The molecular formula is C39H75NO3Si. The molecule has 0 bridgehead atoms. The summed E-state index contributed by atoms with van der Waals surface area (Å²) in [5, 5.41) is 0. The molecule has 1 aliphatic heterocycles. The first-order valence-corrected chi connectivity index (χ1v) is 21.1. The molecule has 5 heteroatoms. The van der Waals surface area contributed by atoms with Gasteiger partial charge in [-0.15, -0.1) is 0 Å². The van der Waals surface area contributed by atoms with E-state index in [1.54, 1.807) is 0 Å². The van der Waals surface area contributed by atoms with Gasteiger partial charge in [-0.3, -0.25) is 0 Å². The van der Waals surface area contributed by atoms with Crippen LogP contribution in [0.25, 0.3) is 0 Å². The number of likely N-dealkylation sites (tertiary alicyclic amines) is 1. The van der Waals surface area contributed by atoms with E-state index in [-0.39, 0.29) is 18.3 Å². The van der Waals surface area contributed by atoms with Crippen LogP contribution in [0.3, 0.4) is 0 Å². The summed E-state index contributed by atoms with van der Waals surface area (Å²) in [6.45, 7) is 17.3. The molecule has 0 spiro atoms. The van der Waals surface area contributed by atoms with Crippen molar-refractivity contribution in [2.45, 2.75) is 194 Å². The van der Waals surface area contributed by atoms with Gasteiger partial charge in [0.1, 0.15) is 0 Å².